The molecule has 3 aromatic carbocycles. The van der Waals surface area contributed by atoms with Gasteiger partial charge in [0.1, 0.15) is 34.5 Å². The highest BCUT2D eigenvalue weighted by molar-refractivity contribution is 5.86. The molecule has 0 saturated carbocycles. The Morgan fingerprint density at radius 3 is 1.46 bits per heavy atom. The summed E-state index contributed by atoms with van der Waals surface area (Å²) in [6, 6.07) is 16.3. The number of carbonyl (C=O) groups is 1. The summed E-state index contributed by atoms with van der Waals surface area (Å²) >= 11 is 0. The van der Waals surface area contributed by atoms with E-state index in [-0.39, 0.29) is 30.7 Å². The molecule has 0 aliphatic heterocycles. The molecule has 0 amide bonds. The minimum atomic E-state index is -0.448. The van der Waals surface area contributed by atoms with E-state index in [2.05, 4.69) is 34.3 Å². The van der Waals surface area contributed by atoms with Crippen LogP contribution in [-0.2, 0) is 9.53 Å². The molecule has 0 bridgehead atoms. The summed E-state index contributed by atoms with van der Waals surface area (Å²) in [6.45, 7) is 18.2. The Balaban J connectivity index is 1.85. The Kier molecular flexibility index (Phi) is 17.8. The standard InChI is InChI=1S/C45H59N3O8/c1-8-12-22-51-33-16-19-36(39(49)26-33)42-46-43(37-20-17-34(52-23-13-9-2)27-40(37)54-25-15-11-4)48-44(47-42)38-21-18-35(53-24-14-10-3)28-41(38)55-29-32(7)30-56-45(50)31(5)6/h16-21,26-28,32,49H,5,8-15,22-25,29-30H2,1-4,6-7H3. The molecular formula is C45H59N3O8. The number of benzene rings is 3. The van der Waals surface area contributed by atoms with Gasteiger partial charge in [-0.2, -0.15) is 0 Å². The van der Waals surface area contributed by atoms with Gasteiger partial charge < -0.3 is 33.5 Å². The molecule has 302 valence electrons. The van der Waals surface area contributed by atoms with Gasteiger partial charge in [-0.15, -0.1) is 0 Å². The molecule has 4 rings (SSSR count). The Morgan fingerprint density at radius 1 is 0.607 bits per heavy atom. The fourth-order valence-electron chi connectivity index (χ4n) is 5.27. The summed E-state index contributed by atoms with van der Waals surface area (Å²) in [5.41, 5.74) is 1.96. The number of rotatable bonds is 25. The summed E-state index contributed by atoms with van der Waals surface area (Å²) < 4.78 is 36.1. The molecule has 1 aromatic heterocycles. The van der Waals surface area contributed by atoms with Crippen LogP contribution in [0.4, 0.5) is 0 Å². The second-order valence-electron chi connectivity index (χ2n) is 13.9. The average molecular weight is 770 g/mol. The number of esters is 1. The third-order valence-electron chi connectivity index (χ3n) is 8.66. The molecule has 4 aromatic rings. The van der Waals surface area contributed by atoms with Crippen molar-refractivity contribution in [3.05, 3.63) is 66.7 Å². The molecule has 1 heterocycles. The van der Waals surface area contributed by atoms with Crippen molar-refractivity contribution in [3.8, 4) is 68.7 Å². The number of carbonyl (C=O) groups excluding carboxylic acids is 1. The number of unbranched alkanes of at least 4 members (excludes halogenated alkanes) is 4. The maximum atomic E-state index is 12.1. The van der Waals surface area contributed by atoms with Crippen LogP contribution in [0.3, 0.4) is 0 Å². The van der Waals surface area contributed by atoms with Crippen molar-refractivity contribution in [2.24, 2.45) is 5.92 Å². The molecule has 0 spiro atoms. The lowest BCUT2D eigenvalue weighted by molar-refractivity contribution is -0.140. The van der Waals surface area contributed by atoms with E-state index < -0.39 is 5.97 Å². The summed E-state index contributed by atoms with van der Waals surface area (Å²) in [5, 5.41) is 11.3. The third-order valence-corrected chi connectivity index (χ3v) is 8.66. The smallest absolute Gasteiger partial charge is 0.333 e. The van der Waals surface area contributed by atoms with Crippen LogP contribution in [-0.4, -0.2) is 65.7 Å². The van der Waals surface area contributed by atoms with E-state index in [1.54, 1.807) is 25.1 Å². The summed E-state index contributed by atoms with van der Waals surface area (Å²) in [5.74, 6) is 3.21. The lowest BCUT2D eigenvalue weighted by Gasteiger charge is -2.18. The van der Waals surface area contributed by atoms with Gasteiger partial charge in [0.05, 0.1) is 56.3 Å². The first-order valence-corrected chi connectivity index (χ1v) is 20.0. The molecular weight excluding hydrogens is 711 g/mol. The predicted octanol–water partition coefficient (Wildman–Crippen LogP) is 10.4. The molecule has 1 unspecified atom stereocenters. The minimum Gasteiger partial charge on any atom is -0.507 e. The highest BCUT2D eigenvalue weighted by Crippen LogP contribution is 2.39. The maximum absolute atomic E-state index is 12.1. The number of aromatic hydroxyl groups is 1. The topological polar surface area (TPSA) is 131 Å². The molecule has 1 atom stereocenters. The fourth-order valence-corrected chi connectivity index (χ4v) is 5.27. The monoisotopic (exact) mass is 769 g/mol. The third kappa shape index (κ3) is 13.2. The van der Waals surface area contributed by atoms with Gasteiger partial charge in [0.25, 0.3) is 0 Å². The highest BCUT2D eigenvalue weighted by Gasteiger charge is 2.21. The molecule has 0 aliphatic rings. The van der Waals surface area contributed by atoms with Gasteiger partial charge >= 0.3 is 5.97 Å². The van der Waals surface area contributed by atoms with E-state index in [4.69, 9.17) is 43.4 Å². The Morgan fingerprint density at radius 2 is 1.02 bits per heavy atom. The van der Waals surface area contributed by atoms with Crippen LogP contribution >= 0.6 is 0 Å². The van der Waals surface area contributed by atoms with E-state index in [9.17, 15) is 9.90 Å². The fraction of sp³-hybridized carbons (Fsp3) is 0.467. The zero-order valence-corrected chi connectivity index (χ0v) is 34.0. The Labute approximate surface area is 332 Å². The van der Waals surface area contributed by atoms with E-state index >= 15 is 0 Å². The number of hydrogen-bond donors (Lipinski definition) is 1. The van der Waals surface area contributed by atoms with Crippen LogP contribution in [0.1, 0.15) is 92.9 Å². The number of aromatic nitrogens is 3. The number of nitrogens with zero attached hydrogens (tertiary/aromatic N) is 3. The van der Waals surface area contributed by atoms with Crippen LogP contribution in [0.15, 0.2) is 66.7 Å². The van der Waals surface area contributed by atoms with Crippen molar-refractivity contribution < 1.29 is 38.3 Å². The first kappa shape index (κ1) is 43.4. The molecule has 56 heavy (non-hydrogen) atoms. The summed E-state index contributed by atoms with van der Waals surface area (Å²) in [7, 11) is 0. The Bertz CT molecular complexity index is 1860. The normalized spacial score (nSPS) is 11.5. The zero-order valence-electron chi connectivity index (χ0n) is 34.0. The van der Waals surface area contributed by atoms with Crippen molar-refractivity contribution in [1.82, 2.24) is 15.0 Å². The van der Waals surface area contributed by atoms with E-state index in [0.29, 0.717) is 89.1 Å². The number of hydrogen-bond acceptors (Lipinski definition) is 11. The van der Waals surface area contributed by atoms with Crippen LogP contribution in [0.5, 0.6) is 34.5 Å². The quantitative estimate of drug-likeness (QED) is 0.0392. The Hall–Kier alpha value is -5.32. The zero-order chi connectivity index (χ0) is 40.3. The largest absolute Gasteiger partial charge is 0.507 e. The summed E-state index contributed by atoms with van der Waals surface area (Å²) in [6.07, 6.45) is 7.58. The second kappa shape index (κ2) is 22.9. The van der Waals surface area contributed by atoms with E-state index in [1.165, 1.54) is 0 Å². The first-order chi connectivity index (χ1) is 27.2. The second-order valence-corrected chi connectivity index (χ2v) is 13.9. The molecule has 11 nitrogen and oxygen atoms in total. The molecule has 0 radical (unpaired) electrons. The lowest BCUT2D eigenvalue weighted by atomic mass is 10.1. The van der Waals surface area contributed by atoms with Gasteiger partial charge in [-0.05, 0) is 69.0 Å². The van der Waals surface area contributed by atoms with Crippen LogP contribution in [0.25, 0.3) is 34.2 Å². The van der Waals surface area contributed by atoms with Crippen LogP contribution in [0.2, 0.25) is 0 Å². The lowest BCUT2D eigenvalue weighted by Crippen LogP contribution is -2.18. The molecule has 11 heteroatoms. The molecule has 0 fully saturated rings. The van der Waals surface area contributed by atoms with Crippen molar-refractivity contribution in [1.29, 1.82) is 0 Å². The van der Waals surface area contributed by atoms with Crippen LogP contribution < -0.4 is 23.7 Å². The van der Waals surface area contributed by atoms with Crippen molar-refractivity contribution >= 4 is 5.97 Å². The highest BCUT2D eigenvalue weighted by atomic mass is 16.5. The van der Waals surface area contributed by atoms with Crippen molar-refractivity contribution in [3.63, 3.8) is 0 Å². The van der Waals surface area contributed by atoms with E-state index in [1.807, 2.05) is 43.3 Å². The maximum Gasteiger partial charge on any atom is 0.333 e. The van der Waals surface area contributed by atoms with Gasteiger partial charge in [0, 0.05) is 29.7 Å². The van der Waals surface area contributed by atoms with Gasteiger partial charge in [-0.25, -0.2) is 19.7 Å². The number of ether oxygens (including phenoxy) is 6. The van der Waals surface area contributed by atoms with Gasteiger partial charge in [-0.3, -0.25) is 0 Å². The summed E-state index contributed by atoms with van der Waals surface area (Å²) in [4.78, 5) is 26.9. The molecule has 1 N–H and O–H groups in total. The van der Waals surface area contributed by atoms with Crippen molar-refractivity contribution in [2.45, 2.75) is 92.9 Å². The van der Waals surface area contributed by atoms with Crippen molar-refractivity contribution in [2.75, 3.05) is 39.6 Å². The van der Waals surface area contributed by atoms with E-state index in [0.717, 1.165) is 51.4 Å². The number of phenolic OH excluding ortho intramolecular Hbond substituents is 1. The average Bonchev–Trinajstić information content (AvgIpc) is 3.19. The minimum absolute atomic E-state index is 0.0320. The van der Waals surface area contributed by atoms with Gasteiger partial charge in [-0.1, -0.05) is 66.9 Å². The SMILES string of the molecule is C=C(C)C(=O)OCC(C)COc1cc(OCCCC)ccc1-c1nc(-c2ccc(OCCCC)cc2O)nc(-c2ccc(OCCCC)cc2OCCCC)n1. The van der Waals surface area contributed by atoms with Gasteiger partial charge in [0.2, 0.25) is 0 Å². The molecule has 0 saturated heterocycles. The number of phenols is 1. The first-order valence-electron chi connectivity index (χ1n) is 20.0. The van der Waals surface area contributed by atoms with Crippen LogP contribution in [0, 0.1) is 5.92 Å². The molecule has 0 aliphatic carbocycles. The predicted molar refractivity (Wildman–Crippen MR) is 220 cm³/mol. The van der Waals surface area contributed by atoms with Gasteiger partial charge in [0.15, 0.2) is 17.5 Å².